The van der Waals surface area contributed by atoms with Crippen LogP contribution in [0, 0.1) is 21.4 Å². The molecule has 2 rings (SSSR count). The Morgan fingerprint density at radius 1 is 1.45 bits per heavy atom. The number of thiophene rings is 1. The van der Waals surface area contributed by atoms with Crippen LogP contribution in [0.1, 0.15) is 10.4 Å². The number of benzene rings is 1. The summed E-state index contributed by atoms with van der Waals surface area (Å²) in [5, 5.41) is 20.0. The monoisotopic (exact) mass is 307 g/mol. The second kappa shape index (κ2) is 5.90. The number of hydrogen-bond donors (Lipinski definition) is 0. The molecule has 0 atom stereocenters. The van der Waals surface area contributed by atoms with E-state index < -0.39 is 4.92 Å². The van der Waals surface area contributed by atoms with Gasteiger partial charge in [0.15, 0.2) is 0 Å². The van der Waals surface area contributed by atoms with Crippen molar-refractivity contribution in [2.45, 2.75) is 6.54 Å². The normalized spacial score (nSPS) is 10.1. The van der Waals surface area contributed by atoms with E-state index in [0.717, 1.165) is 4.88 Å². The quantitative estimate of drug-likeness (QED) is 0.636. The van der Waals surface area contributed by atoms with Gasteiger partial charge in [0.05, 0.1) is 27.4 Å². The Kier molecular flexibility index (Phi) is 4.23. The van der Waals surface area contributed by atoms with Crippen molar-refractivity contribution in [2.75, 3.05) is 11.9 Å². The Balaban J connectivity index is 2.34. The summed E-state index contributed by atoms with van der Waals surface area (Å²) in [5.41, 5.74) is 0.786. The van der Waals surface area contributed by atoms with Gasteiger partial charge in [-0.05, 0) is 24.3 Å². The Hall–Kier alpha value is -2.10. The van der Waals surface area contributed by atoms with E-state index in [0.29, 0.717) is 22.1 Å². The summed E-state index contributed by atoms with van der Waals surface area (Å²) in [7, 11) is 1.75. The summed E-state index contributed by atoms with van der Waals surface area (Å²) in [5.74, 6) is 0. The van der Waals surface area contributed by atoms with Gasteiger partial charge in [-0.2, -0.15) is 5.26 Å². The molecule has 0 aliphatic rings. The van der Waals surface area contributed by atoms with Gasteiger partial charge in [-0.3, -0.25) is 10.1 Å². The van der Waals surface area contributed by atoms with Crippen LogP contribution in [0.5, 0.6) is 0 Å². The maximum absolute atomic E-state index is 11.1. The lowest BCUT2D eigenvalue weighted by Crippen LogP contribution is -2.17. The van der Waals surface area contributed by atoms with E-state index in [4.69, 9.17) is 16.9 Å². The summed E-state index contributed by atoms with van der Waals surface area (Å²) >= 11 is 7.29. The molecule has 0 bridgehead atoms. The highest BCUT2D eigenvalue weighted by Crippen LogP contribution is 2.31. The highest BCUT2D eigenvalue weighted by Gasteiger charge is 2.18. The van der Waals surface area contributed by atoms with Gasteiger partial charge < -0.3 is 4.90 Å². The second-order valence-corrected chi connectivity index (χ2v) is 5.93. The van der Waals surface area contributed by atoms with Crippen molar-refractivity contribution < 1.29 is 4.92 Å². The standard InChI is InChI=1S/C13H10ClN3O2S/c1-16(8-10-3-5-13(14)20-10)12-6-9(7-15)2-4-11(12)17(18)19/h2-6H,8H2,1H3. The van der Waals surface area contributed by atoms with Gasteiger partial charge in [-0.1, -0.05) is 11.6 Å². The molecule has 0 unspecified atom stereocenters. The summed E-state index contributed by atoms with van der Waals surface area (Å²) in [6, 6.07) is 9.97. The van der Waals surface area contributed by atoms with E-state index in [1.54, 1.807) is 18.0 Å². The van der Waals surface area contributed by atoms with Gasteiger partial charge in [0, 0.05) is 18.0 Å². The van der Waals surface area contributed by atoms with E-state index >= 15 is 0 Å². The average molecular weight is 308 g/mol. The lowest BCUT2D eigenvalue weighted by atomic mass is 10.1. The molecule has 0 spiro atoms. The maximum Gasteiger partial charge on any atom is 0.292 e. The van der Waals surface area contributed by atoms with Crippen molar-refractivity contribution in [3.63, 3.8) is 0 Å². The van der Waals surface area contributed by atoms with Crippen LogP contribution in [0.15, 0.2) is 30.3 Å². The molecule has 1 aromatic heterocycles. The highest BCUT2D eigenvalue weighted by molar-refractivity contribution is 7.16. The predicted octanol–water partition coefficient (Wildman–Crippen LogP) is 3.82. The Labute approximate surface area is 124 Å². The van der Waals surface area contributed by atoms with Crippen LogP contribution >= 0.6 is 22.9 Å². The molecule has 0 saturated heterocycles. The predicted molar refractivity (Wildman–Crippen MR) is 79.2 cm³/mol. The SMILES string of the molecule is CN(Cc1ccc(Cl)s1)c1cc(C#N)ccc1[N+](=O)[O-]. The Morgan fingerprint density at radius 2 is 2.20 bits per heavy atom. The van der Waals surface area contributed by atoms with Crippen LogP contribution in [0.4, 0.5) is 11.4 Å². The molecule has 20 heavy (non-hydrogen) atoms. The van der Waals surface area contributed by atoms with Gasteiger partial charge in [0.1, 0.15) is 5.69 Å². The number of halogens is 1. The Bertz CT molecular complexity index is 693. The number of nitrogens with zero attached hydrogens (tertiary/aromatic N) is 3. The molecule has 0 N–H and O–H groups in total. The van der Waals surface area contributed by atoms with E-state index in [-0.39, 0.29) is 5.69 Å². The van der Waals surface area contributed by atoms with Crippen LogP contribution < -0.4 is 4.90 Å². The number of nitro benzene ring substituents is 1. The minimum absolute atomic E-state index is 0.0193. The van der Waals surface area contributed by atoms with Gasteiger partial charge in [0.25, 0.3) is 5.69 Å². The van der Waals surface area contributed by atoms with Crippen LogP contribution in [0.3, 0.4) is 0 Å². The molecule has 0 radical (unpaired) electrons. The third-order valence-electron chi connectivity index (χ3n) is 2.73. The number of nitriles is 1. The molecule has 0 aliphatic heterocycles. The smallest absolute Gasteiger partial charge is 0.292 e. The maximum atomic E-state index is 11.1. The highest BCUT2D eigenvalue weighted by atomic mass is 35.5. The first-order chi connectivity index (χ1) is 9.51. The minimum atomic E-state index is -0.450. The number of rotatable bonds is 4. The zero-order valence-electron chi connectivity index (χ0n) is 10.5. The van der Waals surface area contributed by atoms with Gasteiger partial charge in [-0.15, -0.1) is 11.3 Å². The first kappa shape index (κ1) is 14.3. The fourth-order valence-electron chi connectivity index (χ4n) is 1.81. The van der Waals surface area contributed by atoms with Crippen LogP contribution in [0.25, 0.3) is 0 Å². The molecule has 0 amide bonds. The number of nitro groups is 1. The fraction of sp³-hybridized carbons (Fsp3) is 0.154. The zero-order valence-corrected chi connectivity index (χ0v) is 12.1. The number of hydrogen-bond acceptors (Lipinski definition) is 5. The third kappa shape index (κ3) is 3.07. The first-order valence-corrected chi connectivity index (χ1v) is 6.84. The molecule has 2 aromatic rings. The summed E-state index contributed by atoms with van der Waals surface area (Å²) < 4.78 is 0.675. The van der Waals surface area contributed by atoms with Crippen LogP contribution in [-0.4, -0.2) is 12.0 Å². The lowest BCUT2D eigenvalue weighted by molar-refractivity contribution is -0.384. The summed E-state index contributed by atoms with van der Waals surface area (Å²) in [6.45, 7) is 0.493. The van der Waals surface area contributed by atoms with E-state index in [2.05, 4.69) is 0 Å². The molecule has 0 saturated carbocycles. The van der Waals surface area contributed by atoms with Crippen LogP contribution in [-0.2, 0) is 6.54 Å². The average Bonchev–Trinajstić information content (AvgIpc) is 2.83. The van der Waals surface area contributed by atoms with Crippen molar-refractivity contribution in [3.05, 3.63) is 55.2 Å². The van der Waals surface area contributed by atoms with E-state index in [1.807, 2.05) is 12.1 Å². The lowest BCUT2D eigenvalue weighted by Gasteiger charge is -2.18. The molecule has 0 fully saturated rings. The molecule has 1 heterocycles. The second-order valence-electron chi connectivity index (χ2n) is 4.13. The van der Waals surface area contributed by atoms with Crippen LogP contribution in [0.2, 0.25) is 4.34 Å². The molecular formula is C13H10ClN3O2S. The molecular weight excluding hydrogens is 298 g/mol. The summed E-state index contributed by atoms with van der Waals surface area (Å²) in [4.78, 5) is 13.3. The van der Waals surface area contributed by atoms with E-state index in [1.165, 1.54) is 29.5 Å². The van der Waals surface area contributed by atoms with Gasteiger partial charge in [-0.25, -0.2) is 0 Å². The van der Waals surface area contributed by atoms with Crippen molar-refractivity contribution in [3.8, 4) is 6.07 Å². The van der Waals surface area contributed by atoms with Gasteiger partial charge in [0.2, 0.25) is 0 Å². The van der Waals surface area contributed by atoms with E-state index in [9.17, 15) is 10.1 Å². The summed E-state index contributed by atoms with van der Waals surface area (Å²) in [6.07, 6.45) is 0. The number of anilines is 1. The minimum Gasteiger partial charge on any atom is -0.364 e. The Morgan fingerprint density at radius 3 is 2.75 bits per heavy atom. The molecule has 7 heteroatoms. The molecule has 102 valence electrons. The topological polar surface area (TPSA) is 70.2 Å². The zero-order chi connectivity index (χ0) is 14.7. The molecule has 5 nitrogen and oxygen atoms in total. The largest absolute Gasteiger partial charge is 0.364 e. The van der Waals surface area contributed by atoms with Crippen molar-refractivity contribution >= 4 is 34.3 Å². The first-order valence-electron chi connectivity index (χ1n) is 5.65. The molecule has 1 aromatic carbocycles. The molecule has 0 aliphatic carbocycles. The fourth-order valence-corrected chi connectivity index (χ4v) is 2.95. The van der Waals surface area contributed by atoms with Crippen molar-refractivity contribution in [2.24, 2.45) is 0 Å². The van der Waals surface area contributed by atoms with Crippen molar-refractivity contribution in [1.29, 1.82) is 5.26 Å². The van der Waals surface area contributed by atoms with Gasteiger partial charge >= 0.3 is 0 Å². The van der Waals surface area contributed by atoms with Crippen molar-refractivity contribution in [1.82, 2.24) is 0 Å². The third-order valence-corrected chi connectivity index (χ3v) is 3.95.